The maximum absolute atomic E-state index is 12.6. The second kappa shape index (κ2) is 11.2. The molecule has 1 aliphatic heterocycles. The number of hydrogen-bond donors (Lipinski definition) is 1. The quantitative estimate of drug-likeness (QED) is 0.606. The zero-order valence-corrected chi connectivity index (χ0v) is 18.6. The van der Waals surface area contributed by atoms with Crippen molar-refractivity contribution in [2.24, 2.45) is 5.92 Å². The van der Waals surface area contributed by atoms with Crippen LogP contribution in [0, 0.1) is 5.92 Å². The number of likely N-dealkylation sites (tertiary alicyclic amines) is 1. The maximum Gasteiger partial charge on any atom is 0.260 e. The molecule has 1 aliphatic rings. The van der Waals surface area contributed by atoms with E-state index in [0.717, 1.165) is 19.3 Å². The first-order valence-electron chi connectivity index (χ1n) is 10.7. The molecule has 0 saturated carbocycles. The van der Waals surface area contributed by atoms with E-state index in [1.807, 2.05) is 37.3 Å². The Morgan fingerprint density at radius 3 is 2.29 bits per heavy atom. The van der Waals surface area contributed by atoms with Gasteiger partial charge in [0.25, 0.3) is 5.91 Å². The van der Waals surface area contributed by atoms with Crippen LogP contribution >= 0.6 is 0 Å². The molecule has 0 unspecified atom stereocenters. The highest BCUT2D eigenvalue weighted by Gasteiger charge is 2.24. The van der Waals surface area contributed by atoms with E-state index in [4.69, 9.17) is 9.47 Å². The van der Waals surface area contributed by atoms with E-state index in [0.29, 0.717) is 37.7 Å². The number of nitrogens with one attached hydrogen (secondary N) is 1. The largest absolute Gasteiger partial charge is 0.494 e. The molecule has 1 N–H and O–H groups in total. The van der Waals surface area contributed by atoms with Crippen molar-refractivity contribution in [3.63, 3.8) is 0 Å². The van der Waals surface area contributed by atoms with E-state index < -0.39 is 10.0 Å². The van der Waals surface area contributed by atoms with Crippen LogP contribution in [0.2, 0.25) is 0 Å². The molecule has 8 heteroatoms. The average Bonchev–Trinajstić information content (AvgIpc) is 2.81. The Hall–Kier alpha value is -2.58. The van der Waals surface area contributed by atoms with Crippen LogP contribution in [0.3, 0.4) is 0 Å². The third kappa shape index (κ3) is 6.97. The van der Waals surface area contributed by atoms with Gasteiger partial charge in [-0.3, -0.25) is 4.79 Å². The van der Waals surface area contributed by atoms with Crippen LogP contribution in [0.5, 0.6) is 11.5 Å². The van der Waals surface area contributed by atoms with Crippen LogP contribution in [0.25, 0.3) is 0 Å². The number of carbonyl (C=O) groups is 1. The predicted molar refractivity (Wildman–Crippen MR) is 119 cm³/mol. The van der Waals surface area contributed by atoms with Gasteiger partial charge in [-0.05, 0) is 61.6 Å². The number of amides is 1. The van der Waals surface area contributed by atoms with Gasteiger partial charge in [0.1, 0.15) is 11.5 Å². The molecule has 7 nitrogen and oxygen atoms in total. The molecule has 3 rings (SSSR count). The molecule has 2 aromatic carbocycles. The summed E-state index contributed by atoms with van der Waals surface area (Å²) in [6.45, 7) is 4.20. The van der Waals surface area contributed by atoms with Crippen LogP contribution in [0.15, 0.2) is 59.5 Å². The lowest BCUT2D eigenvalue weighted by molar-refractivity contribution is -0.134. The minimum atomic E-state index is -3.57. The van der Waals surface area contributed by atoms with Crippen molar-refractivity contribution in [2.45, 2.75) is 31.1 Å². The summed E-state index contributed by atoms with van der Waals surface area (Å²) in [6, 6.07) is 15.7. The molecular weight excluding hydrogens is 416 g/mol. The van der Waals surface area contributed by atoms with E-state index in [2.05, 4.69) is 4.72 Å². The Bertz CT molecular complexity index is 924. The van der Waals surface area contributed by atoms with Crippen molar-refractivity contribution in [3.05, 3.63) is 54.6 Å². The summed E-state index contributed by atoms with van der Waals surface area (Å²) in [5.74, 6) is 1.48. The van der Waals surface area contributed by atoms with Gasteiger partial charge in [-0.25, -0.2) is 13.1 Å². The topological polar surface area (TPSA) is 84.9 Å². The molecule has 1 fully saturated rings. The van der Waals surface area contributed by atoms with Crippen LogP contribution in [-0.2, 0) is 14.8 Å². The lowest BCUT2D eigenvalue weighted by Crippen LogP contribution is -2.43. The Labute approximate surface area is 184 Å². The molecule has 0 aliphatic carbocycles. The van der Waals surface area contributed by atoms with E-state index in [1.165, 1.54) is 0 Å². The molecule has 0 bridgehead atoms. The number of sulfonamides is 1. The zero-order chi connectivity index (χ0) is 22.1. The van der Waals surface area contributed by atoms with Crippen LogP contribution in [0.1, 0.15) is 26.2 Å². The number of para-hydroxylation sites is 1. The lowest BCUT2D eigenvalue weighted by Gasteiger charge is -2.32. The number of rotatable bonds is 10. The highest BCUT2D eigenvalue weighted by molar-refractivity contribution is 7.89. The molecule has 0 aromatic heterocycles. The fourth-order valence-electron chi connectivity index (χ4n) is 3.39. The summed E-state index contributed by atoms with van der Waals surface area (Å²) in [6.07, 6.45) is 2.40. The van der Waals surface area contributed by atoms with Crippen molar-refractivity contribution >= 4 is 15.9 Å². The molecule has 2 aromatic rings. The Morgan fingerprint density at radius 2 is 1.65 bits per heavy atom. The molecule has 0 spiro atoms. The minimum absolute atomic E-state index is 0.0132. The summed E-state index contributed by atoms with van der Waals surface area (Å²) in [5.41, 5.74) is 0. The highest BCUT2D eigenvalue weighted by atomic mass is 32.2. The van der Waals surface area contributed by atoms with Gasteiger partial charge in [0.15, 0.2) is 6.61 Å². The number of carbonyl (C=O) groups excluding carboxylic acids is 1. The van der Waals surface area contributed by atoms with E-state index in [1.54, 1.807) is 29.2 Å². The fraction of sp³-hybridized carbons (Fsp3) is 0.435. The van der Waals surface area contributed by atoms with E-state index in [9.17, 15) is 13.2 Å². The Kier molecular flexibility index (Phi) is 8.31. The Morgan fingerprint density at radius 1 is 1.00 bits per heavy atom. The highest BCUT2D eigenvalue weighted by Crippen LogP contribution is 2.20. The molecule has 1 saturated heterocycles. The summed E-state index contributed by atoms with van der Waals surface area (Å²) >= 11 is 0. The van der Waals surface area contributed by atoms with Crippen molar-refractivity contribution in [2.75, 3.05) is 32.8 Å². The fourth-order valence-corrected chi connectivity index (χ4v) is 4.50. The van der Waals surface area contributed by atoms with Gasteiger partial charge in [0.2, 0.25) is 10.0 Å². The van der Waals surface area contributed by atoms with Gasteiger partial charge in [0, 0.05) is 19.6 Å². The molecular formula is C23H30N2O5S. The van der Waals surface area contributed by atoms with Gasteiger partial charge in [-0.2, -0.15) is 0 Å². The van der Waals surface area contributed by atoms with Crippen LogP contribution in [0.4, 0.5) is 0 Å². The van der Waals surface area contributed by atoms with Crippen molar-refractivity contribution in [1.29, 1.82) is 0 Å². The zero-order valence-electron chi connectivity index (χ0n) is 17.8. The van der Waals surface area contributed by atoms with Gasteiger partial charge in [-0.15, -0.1) is 0 Å². The number of piperidine rings is 1. The number of hydrogen-bond acceptors (Lipinski definition) is 5. The van der Waals surface area contributed by atoms with Crippen molar-refractivity contribution < 1.29 is 22.7 Å². The first-order valence-corrected chi connectivity index (χ1v) is 12.1. The summed E-state index contributed by atoms with van der Waals surface area (Å²) in [5, 5.41) is 0. The smallest absolute Gasteiger partial charge is 0.260 e. The first kappa shape index (κ1) is 23.1. The molecule has 0 radical (unpaired) electrons. The minimum Gasteiger partial charge on any atom is -0.494 e. The van der Waals surface area contributed by atoms with Crippen molar-refractivity contribution in [1.82, 2.24) is 9.62 Å². The number of benzene rings is 2. The normalized spacial score (nSPS) is 14.9. The van der Waals surface area contributed by atoms with Crippen LogP contribution < -0.4 is 14.2 Å². The van der Waals surface area contributed by atoms with Crippen LogP contribution in [-0.4, -0.2) is 52.1 Å². The van der Waals surface area contributed by atoms with E-state index >= 15 is 0 Å². The Balaban J connectivity index is 1.41. The van der Waals surface area contributed by atoms with Gasteiger partial charge < -0.3 is 14.4 Å². The lowest BCUT2D eigenvalue weighted by atomic mass is 9.97. The van der Waals surface area contributed by atoms with Gasteiger partial charge >= 0.3 is 0 Å². The van der Waals surface area contributed by atoms with Crippen molar-refractivity contribution in [3.8, 4) is 11.5 Å². The third-order valence-electron chi connectivity index (χ3n) is 5.24. The summed E-state index contributed by atoms with van der Waals surface area (Å²) in [7, 11) is -3.57. The molecule has 1 amide bonds. The second-order valence-corrected chi connectivity index (χ2v) is 9.36. The standard InChI is InChI=1S/C23H30N2O5S/c1-2-16-29-21-8-10-22(11-9-21)31(27,28)24-17-19-12-14-25(15-13-19)23(26)18-30-20-6-4-3-5-7-20/h3-11,19,24H,2,12-18H2,1H3. The monoisotopic (exact) mass is 446 g/mol. The second-order valence-electron chi connectivity index (χ2n) is 7.60. The maximum atomic E-state index is 12.6. The molecule has 168 valence electrons. The van der Waals surface area contributed by atoms with Gasteiger partial charge in [-0.1, -0.05) is 25.1 Å². The predicted octanol–water partition coefficient (Wildman–Crippen LogP) is 3.07. The summed E-state index contributed by atoms with van der Waals surface area (Å²) < 4.78 is 38.8. The molecule has 0 atom stereocenters. The SMILES string of the molecule is CCCOc1ccc(S(=O)(=O)NCC2CCN(C(=O)COc3ccccc3)CC2)cc1. The van der Waals surface area contributed by atoms with Gasteiger partial charge in [0.05, 0.1) is 11.5 Å². The number of ether oxygens (including phenoxy) is 2. The average molecular weight is 447 g/mol. The first-order chi connectivity index (χ1) is 15.0. The summed E-state index contributed by atoms with van der Waals surface area (Å²) in [4.78, 5) is 14.4. The third-order valence-corrected chi connectivity index (χ3v) is 6.68. The molecule has 31 heavy (non-hydrogen) atoms. The van der Waals surface area contributed by atoms with E-state index in [-0.39, 0.29) is 23.3 Å². The molecule has 1 heterocycles. The number of nitrogens with zero attached hydrogens (tertiary/aromatic N) is 1.